The number of rotatable bonds is 4. The van der Waals surface area contributed by atoms with Gasteiger partial charge in [-0.15, -0.1) is 0 Å². The highest BCUT2D eigenvalue weighted by molar-refractivity contribution is 4.88. The van der Waals surface area contributed by atoms with Crippen LogP contribution >= 0.6 is 0 Å². The molecule has 1 aliphatic heterocycles. The van der Waals surface area contributed by atoms with Crippen LogP contribution in [0.5, 0.6) is 0 Å². The lowest BCUT2D eigenvalue weighted by atomic mass is 10.0. The van der Waals surface area contributed by atoms with Gasteiger partial charge in [0.25, 0.3) is 0 Å². The van der Waals surface area contributed by atoms with Crippen LogP contribution in [0, 0.1) is 5.92 Å². The summed E-state index contributed by atoms with van der Waals surface area (Å²) in [6, 6.07) is 0. The van der Waals surface area contributed by atoms with Crippen LogP contribution in [-0.2, 0) is 18.9 Å². The van der Waals surface area contributed by atoms with E-state index in [1.807, 2.05) is 0 Å². The molecule has 0 N–H and O–H groups in total. The first-order valence-electron chi connectivity index (χ1n) is 5.22. The van der Waals surface area contributed by atoms with E-state index in [-0.39, 0.29) is 5.79 Å². The lowest BCUT2D eigenvalue weighted by Gasteiger charge is -2.28. The molecule has 0 amide bonds. The van der Waals surface area contributed by atoms with Crippen molar-refractivity contribution in [2.75, 3.05) is 33.7 Å². The van der Waals surface area contributed by atoms with Crippen molar-refractivity contribution in [3.05, 3.63) is 0 Å². The van der Waals surface area contributed by atoms with Crippen molar-refractivity contribution in [1.29, 1.82) is 0 Å². The fraction of sp³-hybridized carbons (Fsp3) is 1.00. The molecular formula is C10H18O4. The Bertz CT molecular complexity index is 171. The second-order valence-corrected chi connectivity index (χ2v) is 3.88. The van der Waals surface area contributed by atoms with Crippen LogP contribution < -0.4 is 0 Å². The fourth-order valence-electron chi connectivity index (χ4n) is 2.35. The van der Waals surface area contributed by atoms with Crippen LogP contribution in [0.3, 0.4) is 0 Å². The van der Waals surface area contributed by atoms with Crippen LogP contribution in [0.1, 0.15) is 19.3 Å². The smallest absolute Gasteiger partial charge is 0.173 e. The molecule has 0 aromatic heterocycles. The van der Waals surface area contributed by atoms with Gasteiger partial charge in [0.2, 0.25) is 0 Å². The summed E-state index contributed by atoms with van der Waals surface area (Å²) in [5.41, 5.74) is 0. The number of hydrogen-bond acceptors (Lipinski definition) is 4. The lowest BCUT2D eigenvalue weighted by Crippen LogP contribution is -2.37. The Morgan fingerprint density at radius 2 is 2.14 bits per heavy atom. The molecule has 2 aliphatic rings. The predicted molar refractivity (Wildman–Crippen MR) is 49.8 cm³/mol. The second kappa shape index (κ2) is 4.57. The third-order valence-corrected chi connectivity index (χ3v) is 3.00. The Labute approximate surface area is 84.5 Å². The highest BCUT2D eigenvalue weighted by atomic mass is 16.7. The molecular weight excluding hydrogens is 184 g/mol. The molecule has 0 bridgehead atoms. The maximum absolute atomic E-state index is 5.70. The van der Waals surface area contributed by atoms with Gasteiger partial charge in [0, 0.05) is 19.4 Å². The minimum absolute atomic E-state index is 0.326. The summed E-state index contributed by atoms with van der Waals surface area (Å²) in [5, 5.41) is 0. The fourth-order valence-corrected chi connectivity index (χ4v) is 2.35. The van der Waals surface area contributed by atoms with Crippen molar-refractivity contribution >= 4 is 0 Å². The average Bonchev–Trinajstić information content (AvgIpc) is 2.80. The van der Waals surface area contributed by atoms with Crippen LogP contribution in [0.4, 0.5) is 0 Å². The molecule has 4 heteroatoms. The van der Waals surface area contributed by atoms with E-state index < -0.39 is 0 Å². The van der Waals surface area contributed by atoms with Gasteiger partial charge in [-0.3, -0.25) is 0 Å². The summed E-state index contributed by atoms with van der Waals surface area (Å²) in [4.78, 5) is 0. The number of ether oxygens (including phenoxy) is 4. The van der Waals surface area contributed by atoms with Gasteiger partial charge in [-0.2, -0.15) is 0 Å². The van der Waals surface area contributed by atoms with E-state index in [0.717, 1.165) is 26.1 Å². The molecule has 1 saturated heterocycles. The molecule has 2 fully saturated rings. The van der Waals surface area contributed by atoms with E-state index in [2.05, 4.69) is 0 Å². The first-order valence-corrected chi connectivity index (χ1v) is 5.22. The standard InChI is InChI=1S/C10H18O4/c1-11-8-12-7-9-3-2-4-10(9)13-5-6-14-10/h9H,2-8H2,1H3/t9-/m0/s1. The Morgan fingerprint density at radius 1 is 1.36 bits per heavy atom. The van der Waals surface area contributed by atoms with Crippen LogP contribution in [0.2, 0.25) is 0 Å². The van der Waals surface area contributed by atoms with Crippen molar-refractivity contribution in [2.24, 2.45) is 5.92 Å². The molecule has 14 heavy (non-hydrogen) atoms. The third kappa shape index (κ3) is 1.93. The van der Waals surface area contributed by atoms with E-state index in [9.17, 15) is 0 Å². The summed E-state index contributed by atoms with van der Waals surface area (Å²) in [6.07, 6.45) is 3.30. The molecule has 1 spiro atoms. The van der Waals surface area contributed by atoms with Gasteiger partial charge in [0.15, 0.2) is 5.79 Å². The SMILES string of the molecule is COCOC[C@@H]1CCCC12OCCO2. The topological polar surface area (TPSA) is 36.9 Å². The van der Waals surface area contributed by atoms with Crippen molar-refractivity contribution in [3.63, 3.8) is 0 Å². The van der Waals surface area contributed by atoms with E-state index >= 15 is 0 Å². The Kier molecular flexibility index (Phi) is 3.38. The van der Waals surface area contributed by atoms with Gasteiger partial charge in [-0.1, -0.05) is 0 Å². The number of methoxy groups -OCH3 is 1. The zero-order valence-corrected chi connectivity index (χ0v) is 8.66. The van der Waals surface area contributed by atoms with Gasteiger partial charge in [-0.25, -0.2) is 0 Å². The molecule has 0 aromatic rings. The van der Waals surface area contributed by atoms with E-state index in [4.69, 9.17) is 18.9 Å². The Morgan fingerprint density at radius 3 is 2.86 bits per heavy atom. The monoisotopic (exact) mass is 202 g/mol. The lowest BCUT2D eigenvalue weighted by molar-refractivity contribution is -0.197. The van der Waals surface area contributed by atoms with Crippen LogP contribution in [0.25, 0.3) is 0 Å². The quantitative estimate of drug-likeness (QED) is 0.506. The highest BCUT2D eigenvalue weighted by Gasteiger charge is 2.47. The van der Waals surface area contributed by atoms with Crippen LogP contribution in [-0.4, -0.2) is 39.5 Å². The molecule has 1 aliphatic carbocycles. The minimum atomic E-state index is -0.326. The molecule has 2 rings (SSSR count). The van der Waals surface area contributed by atoms with Gasteiger partial charge < -0.3 is 18.9 Å². The van der Waals surface area contributed by atoms with E-state index in [1.165, 1.54) is 6.42 Å². The normalized spacial score (nSPS) is 30.2. The van der Waals surface area contributed by atoms with Gasteiger partial charge in [-0.05, 0) is 12.8 Å². The molecule has 4 nitrogen and oxygen atoms in total. The maximum atomic E-state index is 5.70. The first kappa shape index (κ1) is 10.4. The Balaban J connectivity index is 1.84. The van der Waals surface area contributed by atoms with Gasteiger partial charge in [0.05, 0.1) is 19.8 Å². The number of hydrogen-bond donors (Lipinski definition) is 0. The van der Waals surface area contributed by atoms with Gasteiger partial charge >= 0.3 is 0 Å². The molecule has 1 heterocycles. The highest BCUT2D eigenvalue weighted by Crippen LogP contribution is 2.42. The van der Waals surface area contributed by atoms with E-state index in [0.29, 0.717) is 19.3 Å². The zero-order chi connectivity index (χ0) is 9.86. The van der Waals surface area contributed by atoms with Gasteiger partial charge in [0.1, 0.15) is 6.79 Å². The predicted octanol–water partition coefficient (Wildman–Crippen LogP) is 1.15. The van der Waals surface area contributed by atoms with Crippen molar-refractivity contribution in [2.45, 2.75) is 25.0 Å². The largest absolute Gasteiger partial charge is 0.359 e. The summed E-state index contributed by atoms with van der Waals surface area (Å²) in [6.45, 7) is 2.47. The average molecular weight is 202 g/mol. The molecule has 0 radical (unpaired) electrons. The van der Waals surface area contributed by atoms with Crippen molar-refractivity contribution in [3.8, 4) is 0 Å². The van der Waals surface area contributed by atoms with Crippen molar-refractivity contribution < 1.29 is 18.9 Å². The van der Waals surface area contributed by atoms with Crippen LogP contribution in [0.15, 0.2) is 0 Å². The summed E-state index contributed by atoms with van der Waals surface area (Å²) >= 11 is 0. The molecule has 1 saturated carbocycles. The zero-order valence-electron chi connectivity index (χ0n) is 8.66. The summed E-state index contributed by atoms with van der Waals surface area (Å²) < 4.78 is 21.6. The van der Waals surface area contributed by atoms with Crippen molar-refractivity contribution in [1.82, 2.24) is 0 Å². The molecule has 0 aromatic carbocycles. The molecule has 1 atom stereocenters. The first-order chi connectivity index (χ1) is 6.87. The van der Waals surface area contributed by atoms with E-state index in [1.54, 1.807) is 7.11 Å². The minimum Gasteiger partial charge on any atom is -0.359 e. The Hall–Kier alpha value is -0.160. The maximum Gasteiger partial charge on any atom is 0.173 e. The summed E-state index contributed by atoms with van der Waals surface area (Å²) in [5.74, 6) is 0.0495. The molecule has 0 unspecified atom stereocenters. The second-order valence-electron chi connectivity index (χ2n) is 3.88. The third-order valence-electron chi connectivity index (χ3n) is 3.00. The molecule has 82 valence electrons. The summed E-state index contributed by atoms with van der Waals surface area (Å²) in [7, 11) is 1.63.